The van der Waals surface area contributed by atoms with E-state index in [4.69, 9.17) is 9.84 Å². The Morgan fingerprint density at radius 3 is 2.71 bits per heavy atom. The van der Waals surface area contributed by atoms with Crippen molar-refractivity contribution < 1.29 is 24.6 Å². The summed E-state index contributed by atoms with van der Waals surface area (Å²) in [4.78, 5) is 0. The minimum Gasteiger partial charge on any atom is -0.384 e. The van der Waals surface area contributed by atoms with Crippen LogP contribution in [0.2, 0.25) is 0 Å². The molecule has 4 atom stereocenters. The maximum Gasteiger partial charge on any atom is 0.185 e. The van der Waals surface area contributed by atoms with E-state index in [1.54, 1.807) is 0 Å². The van der Waals surface area contributed by atoms with Crippen LogP contribution in [0.5, 0.6) is 0 Å². The van der Waals surface area contributed by atoms with Crippen molar-refractivity contribution >= 4 is 8.46 Å². The molecule has 1 saturated heterocycles. The molecular formula is C8H11O5P. The van der Waals surface area contributed by atoms with Crippen LogP contribution < -0.4 is 0 Å². The summed E-state index contributed by atoms with van der Waals surface area (Å²) in [6, 6.07) is 0. The van der Waals surface area contributed by atoms with Crippen LogP contribution in [0.4, 0.5) is 0 Å². The molecule has 1 fully saturated rings. The van der Waals surface area contributed by atoms with Crippen molar-refractivity contribution in [2.24, 2.45) is 0 Å². The molecular weight excluding hydrogens is 207 g/mol. The van der Waals surface area contributed by atoms with Gasteiger partial charge >= 0.3 is 0 Å². The van der Waals surface area contributed by atoms with Crippen LogP contribution >= 0.6 is 8.46 Å². The lowest BCUT2D eigenvalue weighted by Crippen LogP contribution is -2.47. The van der Waals surface area contributed by atoms with Crippen molar-refractivity contribution in [3.05, 3.63) is 0 Å². The lowest BCUT2D eigenvalue weighted by Gasteiger charge is -2.23. The number of ether oxygens (including phenoxy) is 1. The summed E-state index contributed by atoms with van der Waals surface area (Å²) >= 11 is 0. The number of hydrogen-bond acceptors (Lipinski definition) is 5. The zero-order valence-corrected chi connectivity index (χ0v) is 8.44. The zero-order valence-electron chi connectivity index (χ0n) is 7.54. The molecule has 1 rings (SSSR count). The maximum absolute atomic E-state index is 10.4. The van der Waals surface area contributed by atoms with Crippen LogP contribution in [-0.2, 0) is 9.30 Å². The molecule has 0 radical (unpaired) electrons. The van der Waals surface area contributed by atoms with Gasteiger partial charge in [-0.1, -0.05) is 5.92 Å². The minimum atomic E-state index is -1.84. The van der Waals surface area contributed by atoms with Gasteiger partial charge in [0.2, 0.25) is 0 Å². The van der Waals surface area contributed by atoms with E-state index in [0.29, 0.717) is 0 Å². The average Bonchev–Trinajstić information content (AvgIpc) is 2.33. The van der Waals surface area contributed by atoms with E-state index in [9.17, 15) is 14.8 Å². The number of rotatable bonds is 2. The monoisotopic (exact) mass is 218 g/mol. The summed E-state index contributed by atoms with van der Waals surface area (Å²) < 4.78 is 15.2. The van der Waals surface area contributed by atoms with Crippen molar-refractivity contribution in [3.63, 3.8) is 0 Å². The molecule has 0 saturated carbocycles. The van der Waals surface area contributed by atoms with Gasteiger partial charge in [-0.15, -0.1) is 5.92 Å². The van der Waals surface area contributed by atoms with Gasteiger partial charge in [0.05, 0.1) is 6.16 Å². The van der Waals surface area contributed by atoms with Gasteiger partial charge in [-0.2, -0.15) is 0 Å². The Bertz CT molecular complexity index is 283. The molecule has 0 bridgehead atoms. The minimum absolute atomic E-state index is 0.0285. The van der Waals surface area contributed by atoms with E-state index in [-0.39, 0.29) is 14.6 Å². The molecule has 1 aliphatic heterocycles. The van der Waals surface area contributed by atoms with Crippen molar-refractivity contribution in [2.75, 3.05) is 6.16 Å². The average molecular weight is 218 g/mol. The highest BCUT2D eigenvalue weighted by molar-refractivity contribution is 7.23. The predicted octanol–water partition coefficient (Wildman–Crippen LogP) is -0.889. The Hall–Kier alpha value is -0.500. The molecule has 1 heterocycles. The highest BCUT2D eigenvalue weighted by Gasteiger charge is 2.54. The van der Waals surface area contributed by atoms with Crippen LogP contribution in [0, 0.1) is 11.8 Å². The fourth-order valence-corrected chi connectivity index (χ4v) is 1.86. The topological polar surface area (TPSA) is 87.0 Å². The summed E-state index contributed by atoms with van der Waals surface area (Å²) in [5.41, 5.74) is -1.84. The summed E-state index contributed by atoms with van der Waals surface area (Å²) in [7, 11) is -0.238. The molecule has 6 heteroatoms. The van der Waals surface area contributed by atoms with Gasteiger partial charge in [0.1, 0.15) is 12.2 Å². The normalized spacial score (nSPS) is 42.1. The Morgan fingerprint density at radius 1 is 1.57 bits per heavy atom. The van der Waals surface area contributed by atoms with Crippen LogP contribution in [0.15, 0.2) is 0 Å². The van der Waals surface area contributed by atoms with Crippen molar-refractivity contribution in [3.8, 4) is 11.8 Å². The molecule has 0 spiro atoms. The van der Waals surface area contributed by atoms with Crippen LogP contribution in [0.3, 0.4) is 0 Å². The molecule has 14 heavy (non-hydrogen) atoms. The van der Waals surface area contributed by atoms with Crippen LogP contribution in [0.25, 0.3) is 0 Å². The largest absolute Gasteiger partial charge is 0.384 e. The molecule has 0 aromatic heterocycles. The van der Waals surface area contributed by atoms with Crippen molar-refractivity contribution in [2.45, 2.75) is 31.0 Å². The summed E-state index contributed by atoms with van der Waals surface area (Å²) in [5, 5.41) is 28.4. The summed E-state index contributed by atoms with van der Waals surface area (Å²) in [6.45, 7) is 1.49. The smallest absolute Gasteiger partial charge is 0.185 e. The first kappa shape index (κ1) is 11.6. The van der Waals surface area contributed by atoms with E-state index in [2.05, 4.69) is 11.8 Å². The third-order valence-electron chi connectivity index (χ3n) is 2.08. The molecule has 5 nitrogen and oxygen atoms in total. The molecule has 1 unspecified atom stereocenters. The molecule has 0 aromatic rings. The Labute approximate surface area is 82.9 Å². The maximum atomic E-state index is 10.4. The number of aliphatic hydroxyl groups is 3. The summed E-state index contributed by atoms with van der Waals surface area (Å²) in [6.07, 6.45) is -3.97. The molecule has 0 aromatic carbocycles. The third kappa shape index (κ3) is 1.81. The molecule has 1 aliphatic rings. The summed E-state index contributed by atoms with van der Waals surface area (Å²) in [5.74, 6) is 4.80. The quantitative estimate of drug-likeness (QED) is 0.413. The Morgan fingerprint density at radius 2 is 2.21 bits per heavy atom. The van der Waals surface area contributed by atoms with E-state index in [0.717, 1.165) is 0 Å². The van der Waals surface area contributed by atoms with Crippen molar-refractivity contribution in [1.29, 1.82) is 0 Å². The second kappa shape index (κ2) is 4.35. The molecule has 0 aliphatic carbocycles. The third-order valence-corrected chi connectivity index (χ3v) is 2.56. The number of aliphatic hydroxyl groups excluding tert-OH is 2. The first-order valence-electron chi connectivity index (χ1n) is 4.03. The van der Waals surface area contributed by atoms with Gasteiger partial charge in [-0.05, 0) is 6.92 Å². The van der Waals surface area contributed by atoms with E-state index in [1.165, 1.54) is 6.92 Å². The second-order valence-electron chi connectivity index (χ2n) is 2.97. The highest BCUT2D eigenvalue weighted by Crippen LogP contribution is 2.31. The lowest BCUT2D eigenvalue weighted by atomic mass is 9.94. The van der Waals surface area contributed by atoms with Crippen LogP contribution in [-0.4, -0.2) is 45.6 Å². The van der Waals surface area contributed by atoms with Gasteiger partial charge < -0.3 is 20.1 Å². The van der Waals surface area contributed by atoms with Gasteiger partial charge in [-0.3, -0.25) is 4.57 Å². The predicted molar refractivity (Wildman–Crippen MR) is 47.8 cm³/mol. The van der Waals surface area contributed by atoms with Gasteiger partial charge in [0.15, 0.2) is 20.4 Å². The fraction of sp³-hybridized carbons (Fsp3) is 0.750. The lowest BCUT2D eigenvalue weighted by molar-refractivity contribution is -0.124. The second-order valence-corrected chi connectivity index (χ2v) is 3.60. The first-order valence-corrected chi connectivity index (χ1v) is 5.03. The van der Waals surface area contributed by atoms with Gasteiger partial charge in [0, 0.05) is 0 Å². The van der Waals surface area contributed by atoms with Crippen molar-refractivity contribution in [1.82, 2.24) is 0 Å². The van der Waals surface area contributed by atoms with Gasteiger partial charge in [0.25, 0.3) is 0 Å². The highest BCUT2D eigenvalue weighted by atomic mass is 31.1. The van der Waals surface area contributed by atoms with E-state index < -0.39 is 24.1 Å². The standard InChI is InChI=1S/C8H11O5P/c1-2-3-8(11)5(4-14-12)13-7(10)6(8)9/h5-7,9-11H,4H2,1H3/t5-,6+,7?,8-/m1/s1. The Kier molecular flexibility index (Phi) is 3.59. The zero-order chi connectivity index (χ0) is 10.8. The first-order chi connectivity index (χ1) is 6.56. The van der Waals surface area contributed by atoms with E-state index >= 15 is 0 Å². The molecule has 0 amide bonds. The SMILES string of the molecule is CC#C[C@@]1(O)[C@@H](CP=O)OC(O)[C@@H]1O. The number of hydrogen-bond donors (Lipinski definition) is 3. The van der Waals surface area contributed by atoms with E-state index in [1.807, 2.05) is 0 Å². The molecule has 3 N–H and O–H groups in total. The van der Waals surface area contributed by atoms with Gasteiger partial charge in [-0.25, -0.2) is 0 Å². The Balaban J connectivity index is 2.94. The van der Waals surface area contributed by atoms with Crippen LogP contribution in [0.1, 0.15) is 6.92 Å². The fourth-order valence-electron chi connectivity index (χ4n) is 1.36. The molecule has 78 valence electrons.